The van der Waals surface area contributed by atoms with E-state index in [-0.39, 0.29) is 0 Å². The van der Waals surface area contributed by atoms with Gasteiger partial charge in [-0.3, -0.25) is 0 Å². The first-order chi connectivity index (χ1) is 10.00. The smallest absolute Gasteiger partial charge is 0.151 e. The van der Waals surface area contributed by atoms with E-state index in [0.717, 1.165) is 15.7 Å². The Morgan fingerprint density at radius 2 is 2.00 bits per heavy atom. The molecule has 0 amide bonds. The SMILES string of the molecule is COc1ccccc1C(C)(C#N)Nc1ccc(Cl)c(Br)c1. The van der Waals surface area contributed by atoms with Crippen LogP contribution in [0.5, 0.6) is 5.75 Å². The van der Waals surface area contributed by atoms with Crippen molar-refractivity contribution in [2.24, 2.45) is 0 Å². The van der Waals surface area contributed by atoms with E-state index in [4.69, 9.17) is 16.3 Å². The van der Waals surface area contributed by atoms with Crippen molar-refractivity contribution in [2.75, 3.05) is 12.4 Å². The maximum Gasteiger partial charge on any atom is 0.151 e. The number of ether oxygens (including phenoxy) is 1. The Kier molecular flexibility index (Phi) is 4.76. The number of nitrogens with zero attached hydrogens (tertiary/aromatic N) is 1. The third-order valence-electron chi connectivity index (χ3n) is 3.18. The van der Waals surface area contributed by atoms with Crippen molar-refractivity contribution in [1.82, 2.24) is 0 Å². The highest BCUT2D eigenvalue weighted by Crippen LogP contribution is 2.34. The molecule has 0 saturated heterocycles. The molecule has 0 fully saturated rings. The molecule has 0 aliphatic heterocycles. The van der Waals surface area contributed by atoms with Crippen molar-refractivity contribution < 1.29 is 4.74 Å². The van der Waals surface area contributed by atoms with Crippen LogP contribution in [-0.4, -0.2) is 7.11 Å². The second-order valence-corrected chi connectivity index (χ2v) is 5.95. The van der Waals surface area contributed by atoms with E-state index in [9.17, 15) is 5.26 Å². The first-order valence-electron chi connectivity index (χ1n) is 6.28. The molecule has 0 aromatic heterocycles. The van der Waals surface area contributed by atoms with Gasteiger partial charge in [-0.05, 0) is 47.1 Å². The minimum atomic E-state index is -0.917. The minimum absolute atomic E-state index is 0.622. The summed E-state index contributed by atoms with van der Waals surface area (Å²) in [5.74, 6) is 0.669. The lowest BCUT2D eigenvalue weighted by atomic mass is 9.92. The molecule has 0 spiro atoms. The summed E-state index contributed by atoms with van der Waals surface area (Å²) in [6, 6.07) is 15.2. The molecule has 0 aliphatic rings. The number of hydrogen-bond acceptors (Lipinski definition) is 3. The topological polar surface area (TPSA) is 45.0 Å². The molecule has 0 saturated carbocycles. The van der Waals surface area contributed by atoms with E-state index in [1.807, 2.05) is 43.3 Å². The van der Waals surface area contributed by atoms with Crippen LogP contribution in [0.4, 0.5) is 5.69 Å². The molecule has 0 radical (unpaired) electrons. The van der Waals surface area contributed by atoms with Crippen molar-refractivity contribution in [3.63, 3.8) is 0 Å². The Hall–Kier alpha value is -1.70. The number of halogens is 2. The van der Waals surface area contributed by atoms with Gasteiger partial charge in [0.05, 0.1) is 18.2 Å². The van der Waals surface area contributed by atoms with Crippen LogP contribution in [0.3, 0.4) is 0 Å². The first kappa shape index (κ1) is 15.7. The molecule has 0 bridgehead atoms. The van der Waals surface area contributed by atoms with Crippen LogP contribution in [0.1, 0.15) is 12.5 Å². The predicted octanol–water partition coefficient (Wildman–Crippen LogP) is 4.96. The summed E-state index contributed by atoms with van der Waals surface area (Å²) >= 11 is 9.37. The fourth-order valence-electron chi connectivity index (χ4n) is 2.08. The number of methoxy groups -OCH3 is 1. The molecule has 21 heavy (non-hydrogen) atoms. The standard InChI is InChI=1S/C16H14BrClN2O/c1-16(10-19,12-5-3-4-6-15(12)21-2)20-11-7-8-14(18)13(17)9-11/h3-9,20H,1-2H3. The Labute approximate surface area is 137 Å². The summed E-state index contributed by atoms with van der Waals surface area (Å²) in [7, 11) is 1.59. The lowest BCUT2D eigenvalue weighted by Crippen LogP contribution is -2.30. The quantitative estimate of drug-likeness (QED) is 0.832. The Morgan fingerprint density at radius 3 is 2.62 bits per heavy atom. The van der Waals surface area contributed by atoms with Gasteiger partial charge in [0.2, 0.25) is 0 Å². The highest BCUT2D eigenvalue weighted by molar-refractivity contribution is 9.10. The van der Waals surface area contributed by atoms with Crippen molar-refractivity contribution in [3.8, 4) is 11.8 Å². The number of benzene rings is 2. The predicted molar refractivity (Wildman–Crippen MR) is 88.7 cm³/mol. The monoisotopic (exact) mass is 364 g/mol. The van der Waals surface area contributed by atoms with E-state index < -0.39 is 5.54 Å². The van der Waals surface area contributed by atoms with E-state index in [2.05, 4.69) is 27.3 Å². The van der Waals surface area contributed by atoms with Crippen LogP contribution in [0, 0.1) is 11.3 Å². The summed E-state index contributed by atoms with van der Waals surface area (Å²) in [6.45, 7) is 1.81. The molecule has 1 unspecified atom stereocenters. The van der Waals surface area contributed by atoms with Crippen molar-refractivity contribution in [3.05, 3.63) is 57.5 Å². The fraction of sp³-hybridized carbons (Fsp3) is 0.188. The van der Waals surface area contributed by atoms with Crippen LogP contribution in [0.25, 0.3) is 0 Å². The molecular weight excluding hydrogens is 352 g/mol. The zero-order valence-electron chi connectivity index (χ0n) is 11.7. The minimum Gasteiger partial charge on any atom is -0.496 e. The molecule has 0 heterocycles. The maximum absolute atomic E-state index is 9.64. The van der Waals surface area contributed by atoms with E-state index >= 15 is 0 Å². The number of hydrogen-bond donors (Lipinski definition) is 1. The van der Waals surface area contributed by atoms with Gasteiger partial charge in [0.25, 0.3) is 0 Å². The zero-order chi connectivity index (χ0) is 15.5. The Morgan fingerprint density at radius 1 is 1.29 bits per heavy atom. The van der Waals surface area contributed by atoms with Gasteiger partial charge in [0.15, 0.2) is 5.54 Å². The first-order valence-corrected chi connectivity index (χ1v) is 7.45. The van der Waals surface area contributed by atoms with E-state index in [1.165, 1.54) is 0 Å². The molecule has 2 aromatic rings. The van der Waals surface area contributed by atoms with Gasteiger partial charge in [-0.1, -0.05) is 29.8 Å². The number of anilines is 1. The number of nitriles is 1. The highest BCUT2D eigenvalue weighted by Gasteiger charge is 2.29. The molecule has 3 nitrogen and oxygen atoms in total. The highest BCUT2D eigenvalue weighted by atomic mass is 79.9. The van der Waals surface area contributed by atoms with Crippen LogP contribution >= 0.6 is 27.5 Å². The zero-order valence-corrected chi connectivity index (χ0v) is 14.0. The molecule has 0 aliphatic carbocycles. The average Bonchev–Trinajstić information content (AvgIpc) is 2.50. The van der Waals surface area contributed by atoms with Gasteiger partial charge in [0, 0.05) is 15.7 Å². The number of para-hydroxylation sites is 1. The normalized spacial score (nSPS) is 13.1. The second kappa shape index (κ2) is 6.38. The lowest BCUT2D eigenvalue weighted by Gasteiger charge is -2.27. The lowest BCUT2D eigenvalue weighted by molar-refractivity contribution is 0.403. The Balaban J connectivity index is 2.42. The summed E-state index contributed by atoms with van der Waals surface area (Å²) < 4.78 is 6.13. The van der Waals surface area contributed by atoms with E-state index in [1.54, 1.807) is 13.2 Å². The largest absolute Gasteiger partial charge is 0.496 e. The van der Waals surface area contributed by atoms with Gasteiger partial charge >= 0.3 is 0 Å². The molecule has 2 aromatic carbocycles. The van der Waals surface area contributed by atoms with Crippen molar-refractivity contribution in [2.45, 2.75) is 12.5 Å². The van der Waals surface area contributed by atoms with Gasteiger partial charge in [-0.2, -0.15) is 5.26 Å². The third kappa shape index (κ3) is 3.31. The fourth-order valence-corrected chi connectivity index (χ4v) is 2.57. The average molecular weight is 366 g/mol. The van der Waals surface area contributed by atoms with Gasteiger partial charge in [0.1, 0.15) is 5.75 Å². The molecule has 2 rings (SSSR count). The van der Waals surface area contributed by atoms with Gasteiger partial charge in [-0.25, -0.2) is 0 Å². The van der Waals surface area contributed by atoms with E-state index in [0.29, 0.717) is 10.8 Å². The molecule has 108 valence electrons. The molecule has 5 heteroatoms. The number of nitrogens with one attached hydrogen (secondary N) is 1. The van der Waals surface area contributed by atoms with Crippen LogP contribution in [0.2, 0.25) is 5.02 Å². The molecule has 1 atom stereocenters. The van der Waals surface area contributed by atoms with Crippen LogP contribution in [-0.2, 0) is 5.54 Å². The van der Waals surface area contributed by atoms with Gasteiger partial charge in [-0.15, -0.1) is 0 Å². The summed E-state index contributed by atoms with van der Waals surface area (Å²) in [6.07, 6.45) is 0. The number of rotatable bonds is 4. The second-order valence-electron chi connectivity index (χ2n) is 4.69. The Bertz CT molecular complexity index is 699. The maximum atomic E-state index is 9.64. The van der Waals surface area contributed by atoms with Crippen LogP contribution < -0.4 is 10.1 Å². The third-order valence-corrected chi connectivity index (χ3v) is 4.40. The van der Waals surface area contributed by atoms with Crippen molar-refractivity contribution in [1.29, 1.82) is 5.26 Å². The summed E-state index contributed by atoms with van der Waals surface area (Å²) in [4.78, 5) is 0. The molecular formula is C16H14BrClN2O. The summed E-state index contributed by atoms with van der Waals surface area (Å²) in [5.41, 5.74) is 0.655. The van der Waals surface area contributed by atoms with Crippen LogP contribution in [0.15, 0.2) is 46.9 Å². The van der Waals surface area contributed by atoms with Gasteiger partial charge < -0.3 is 10.1 Å². The molecule has 1 N–H and O–H groups in total. The van der Waals surface area contributed by atoms with Crippen molar-refractivity contribution >= 4 is 33.2 Å². The summed E-state index contributed by atoms with van der Waals surface area (Å²) in [5, 5.41) is 13.5.